The molecule has 1 amide bonds. The third-order valence-corrected chi connectivity index (χ3v) is 6.56. The van der Waals surface area contributed by atoms with Crippen molar-refractivity contribution in [2.24, 2.45) is 7.05 Å². The third-order valence-electron chi connectivity index (χ3n) is 6.56. The Morgan fingerprint density at radius 2 is 1.76 bits per heavy atom. The second kappa shape index (κ2) is 15.6. The summed E-state index contributed by atoms with van der Waals surface area (Å²) >= 11 is 0. The van der Waals surface area contributed by atoms with Gasteiger partial charge in [0, 0.05) is 57.4 Å². The van der Waals surface area contributed by atoms with Crippen LogP contribution < -0.4 is 5.32 Å². The molecule has 0 aliphatic carbocycles. The minimum absolute atomic E-state index is 0.0628. The predicted octanol–water partition coefficient (Wildman–Crippen LogP) is 4.21. The molecule has 3 aromatic rings. The van der Waals surface area contributed by atoms with E-state index in [1.165, 1.54) is 5.56 Å². The number of carbonyl (C=O) groups is 3. The highest BCUT2D eigenvalue weighted by atomic mass is 16.5. The number of likely N-dealkylation sites (tertiary alicyclic amines) is 1. The lowest BCUT2D eigenvalue weighted by Gasteiger charge is -2.40. The first-order valence-electron chi connectivity index (χ1n) is 14.1. The van der Waals surface area contributed by atoms with Crippen LogP contribution in [0.3, 0.4) is 0 Å². The van der Waals surface area contributed by atoms with E-state index in [2.05, 4.69) is 45.5 Å². The highest BCUT2D eigenvalue weighted by Crippen LogP contribution is 2.24. The summed E-state index contributed by atoms with van der Waals surface area (Å²) in [7, 11) is 1.86. The minimum atomic E-state index is -0.870. The summed E-state index contributed by atoms with van der Waals surface area (Å²) in [5.74, 6) is -1.02. The van der Waals surface area contributed by atoms with Crippen molar-refractivity contribution >= 4 is 29.5 Å². The molecule has 0 unspecified atom stereocenters. The van der Waals surface area contributed by atoms with Gasteiger partial charge in [0.1, 0.15) is 0 Å². The number of benzene rings is 1. The lowest BCUT2D eigenvalue weighted by atomic mass is 9.99. The van der Waals surface area contributed by atoms with E-state index >= 15 is 0 Å². The highest BCUT2D eigenvalue weighted by molar-refractivity contribution is 5.77. The average Bonchev–Trinajstić information content (AvgIpc) is 3.32. The van der Waals surface area contributed by atoms with Crippen molar-refractivity contribution < 1.29 is 29.3 Å². The van der Waals surface area contributed by atoms with Gasteiger partial charge in [-0.1, -0.05) is 12.1 Å². The maximum absolute atomic E-state index is 12.5. The molecule has 12 heteroatoms. The maximum atomic E-state index is 12.5. The van der Waals surface area contributed by atoms with Crippen LogP contribution in [0.1, 0.15) is 57.1 Å². The van der Waals surface area contributed by atoms with Gasteiger partial charge in [0.2, 0.25) is 11.9 Å². The van der Waals surface area contributed by atoms with E-state index in [1.54, 1.807) is 17.1 Å². The van der Waals surface area contributed by atoms with E-state index in [9.17, 15) is 14.4 Å². The molecule has 0 atom stereocenters. The van der Waals surface area contributed by atoms with E-state index in [1.807, 2.05) is 38.1 Å². The average molecular weight is 581 g/mol. The number of hydrogen-bond acceptors (Lipinski definition) is 8. The zero-order valence-electron chi connectivity index (χ0n) is 24.6. The van der Waals surface area contributed by atoms with Crippen LogP contribution in [-0.4, -0.2) is 78.0 Å². The van der Waals surface area contributed by atoms with Crippen molar-refractivity contribution in [3.63, 3.8) is 0 Å². The van der Waals surface area contributed by atoms with Crippen molar-refractivity contribution in [3.05, 3.63) is 54.0 Å². The summed E-state index contributed by atoms with van der Waals surface area (Å²) < 4.78 is 7.45. The summed E-state index contributed by atoms with van der Waals surface area (Å²) in [6, 6.07) is 8.16. The van der Waals surface area contributed by atoms with Gasteiger partial charge in [-0.2, -0.15) is 5.10 Å². The van der Waals surface area contributed by atoms with E-state index in [-0.39, 0.29) is 31.0 Å². The second-order valence-corrected chi connectivity index (χ2v) is 10.5. The fourth-order valence-electron chi connectivity index (χ4n) is 4.40. The number of ether oxygens (including phenoxy) is 1. The Labute approximate surface area is 245 Å². The van der Waals surface area contributed by atoms with E-state index in [4.69, 9.17) is 14.9 Å². The number of nitrogens with zero attached hydrogens (tertiary/aromatic N) is 5. The molecule has 4 rings (SSSR count). The van der Waals surface area contributed by atoms with E-state index < -0.39 is 11.9 Å². The summed E-state index contributed by atoms with van der Waals surface area (Å²) in [6.45, 7) is 7.54. The Morgan fingerprint density at radius 3 is 2.33 bits per heavy atom. The van der Waals surface area contributed by atoms with E-state index in [0.717, 1.165) is 28.9 Å². The van der Waals surface area contributed by atoms with Crippen LogP contribution in [0.4, 0.5) is 11.6 Å². The molecule has 2 aromatic heterocycles. The number of rotatable bonds is 13. The van der Waals surface area contributed by atoms with Crippen molar-refractivity contribution in [2.45, 2.75) is 71.5 Å². The van der Waals surface area contributed by atoms with Gasteiger partial charge in [-0.05, 0) is 63.3 Å². The van der Waals surface area contributed by atoms with Gasteiger partial charge in [0.05, 0.1) is 29.8 Å². The van der Waals surface area contributed by atoms with Gasteiger partial charge in [-0.25, -0.2) is 9.97 Å². The Balaban J connectivity index is 0.000000416. The summed E-state index contributed by atoms with van der Waals surface area (Å²) in [6.07, 6.45) is 7.99. The molecule has 1 aromatic carbocycles. The lowest BCUT2D eigenvalue weighted by molar-refractivity contribution is -0.148. The van der Waals surface area contributed by atoms with Crippen molar-refractivity contribution in [1.29, 1.82) is 0 Å². The van der Waals surface area contributed by atoms with Crippen molar-refractivity contribution in [3.8, 4) is 11.3 Å². The molecule has 0 saturated carbocycles. The summed E-state index contributed by atoms with van der Waals surface area (Å²) in [5.41, 5.74) is 5.03. The largest absolute Gasteiger partial charge is 0.481 e. The number of aromatic nitrogens is 4. The Bertz CT molecular complexity index is 1340. The lowest BCUT2D eigenvalue weighted by Crippen LogP contribution is -2.55. The van der Waals surface area contributed by atoms with Crippen LogP contribution in [0.5, 0.6) is 0 Å². The number of anilines is 2. The molecule has 12 nitrogen and oxygen atoms in total. The van der Waals surface area contributed by atoms with Crippen LogP contribution in [0.25, 0.3) is 11.3 Å². The summed E-state index contributed by atoms with van der Waals surface area (Å²) in [4.78, 5) is 43.1. The van der Waals surface area contributed by atoms with Crippen LogP contribution >= 0.6 is 0 Å². The van der Waals surface area contributed by atoms with Crippen LogP contribution in [0.2, 0.25) is 0 Å². The fraction of sp³-hybridized carbons (Fsp3) is 0.467. The number of aryl methyl sites for hydroxylation is 3. The number of carboxylic acids is 2. The number of carbonyl (C=O) groups excluding carboxylic acids is 1. The van der Waals surface area contributed by atoms with Crippen molar-refractivity contribution in [2.75, 3.05) is 18.4 Å². The molecule has 1 aliphatic heterocycles. The maximum Gasteiger partial charge on any atom is 0.303 e. The number of carboxylic acid groups (broad SMARTS) is 2. The molecule has 1 aliphatic rings. The van der Waals surface area contributed by atoms with Crippen LogP contribution in [0, 0.1) is 6.92 Å². The van der Waals surface area contributed by atoms with E-state index in [0.29, 0.717) is 38.3 Å². The van der Waals surface area contributed by atoms with Crippen LogP contribution in [0.15, 0.2) is 42.9 Å². The van der Waals surface area contributed by atoms with Gasteiger partial charge < -0.3 is 25.2 Å². The van der Waals surface area contributed by atoms with Gasteiger partial charge in [-0.15, -0.1) is 0 Å². The Morgan fingerprint density at radius 1 is 1.07 bits per heavy atom. The topological polar surface area (TPSA) is 160 Å². The molecule has 0 radical (unpaired) electrons. The molecular formula is C30H40N6O6. The monoisotopic (exact) mass is 580 g/mol. The number of aliphatic carboxylic acids is 2. The fourth-order valence-corrected chi connectivity index (χ4v) is 4.40. The molecule has 0 spiro atoms. The molecular weight excluding hydrogens is 540 g/mol. The van der Waals surface area contributed by atoms with Gasteiger partial charge in [-0.3, -0.25) is 19.1 Å². The predicted molar refractivity (Wildman–Crippen MR) is 157 cm³/mol. The molecule has 1 saturated heterocycles. The second-order valence-electron chi connectivity index (χ2n) is 10.5. The number of amides is 1. The highest BCUT2D eigenvalue weighted by Gasteiger charge is 2.31. The molecule has 3 N–H and O–H groups in total. The first-order chi connectivity index (χ1) is 20.0. The van der Waals surface area contributed by atoms with Gasteiger partial charge in [0.15, 0.2) is 0 Å². The molecule has 3 heterocycles. The molecule has 226 valence electrons. The van der Waals surface area contributed by atoms with Crippen molar-refractivity contribution in [1.82, 2.24) is 24.6 Å². The smallest absolute Gasteiger partial charge is 0.303 e. The molecule has 0 bridgehead atoms. The molecule has 1 fully saturated rings. The third kappa shape index (κ3) is 10.6. The Kier molecular flexibility index (Phi) is 12.0. The van der Waals surface area contributed by atoms with Crippen LogP contribution in [-0.2, 0) is 32.6 Å². The first-order valence-corrected chi connectivity index (χ1v) is 14.1. The first kappa shape index (κ1) is 32.2. The molecule has 42 heavy (non-hydrogen) atoms. The Hall–Kier alpha value is -4.32. The number of nitrogens with one attached hydrogen (secondary N) is 1. The SMILES string of the molecule is Cc1cc(-c2ccnc(Nc3cnn(C)c3)n2)ccc1CCC(=O)N1CC(OC(C)C)C1.O=C(O)CCCCC(=O)O. The van der Waals surface area contributed by atoms with Gasteiger partial charge in [0.25, 0.3) is 0 Å². The minimum Gasteiger partial charge on any atom is -0.481 e. The number of hydrogen-bond donors (Lipinski definition) is 3. The normalized spacial score (nSPS) is 12.8. The quantitative estimate of drug-likeness (QED) is 0.250. The zero-order chi connectivity index (χ0) is 30.6. The number of unbranched alkanes of at least 4 members (excludes halogenated alkanes) is 1. The van der Waals surface area contributed by atoms with Gasteiger partial charge >= 0.3 is 11.9 Å². The standard InChI is InChI=1S/C24H30N6O2.C6H10O4/c1-16(2)32-21-14-30(15-21)23(31)8-7-18-5-6-19(11-17(18)3)22-9-10-25-24(28-22)27-20-12-26-29(4)13-20;7-5(8)3-1-2-4-6(9)10/h5-6,9-13,16,21H,7-8,14-15H2,1-4H3,(H,25,27,28);1-4H2,(H,7,8)(H,9,10). The zero-order valence-corrected chi connectivity index (χ0v) is 24.6. The summed E-state index contributed by atoms with van der Waals surface area (Å²) in [5, 5.41) is 23.6.